The van der Waals surface area contributed by atoms with Gasteiger partial charge in [0, 0.05) is 0 Å². The molecule has 0 heterocycles. The number of hydrogen-bond acceptors (Lipinski definition) is 2. The second-order valence-electron chi connectivity index (χ2n) is 3.60. The highest BCUT2D eigenvalue weighted by Gasteiger charge is 2.31. The molecule has 0 spiro atoms. The first kappa shape index (κ1) is 12.8. The fourth-order valence-corrected chi connectivity index (χ4v) is 1.43. The van der Waals surface area contributed by atoms with Gasteiger partial charge in [-0.15, -0.1) is 13.2 Å². The molecule has 0 aliphatic carbocycles. The molecule has 1 aromatic rings. The zero-order valence-corrected chi connectivity index (χ0v) is 8.92. The van der Waals surface area contributed by atoms with Gasteiger partial charge in [-0.3, -0.25) is 0 Å². The predicted octanol–water partition coefficient (Wildman–Crippen LogP) is 3.04. The Morgan fingerprint density at radius 2 is 2.06 bits per heavy atom. The molecule has 0 saturated carbocycles. The molecule has 0 fully saturated rings. The summed E-state index contributed by atoms with van der Waals surface area (Å²) in [7, 11) is 0. The Balaban J connectivity index is 2.78. The number of alkyl halides is 3. The lowest BCUT2D eigenvalue weighted by molar-refractivity contribution is -0.274. The lowest BCUT2D eigenvalue weighted by Gasteiger charge is -2.13. The first-order valence-corrected chi connectivity index (χ1v) is 4.98. The summed E-state index contributed by atoms with van der Waals surface area (Å²) in [5.41, 5.74) is 6.19. The van der Waals surface area contributed by atoms with Crippen molar-refractivity contribution in [2.24, 2.45) is 5.73 Å². The largest absolute Gasteiger partial charge is 0.573 e. The molecule has 16 heavy (non-hydrogen) atoms. The maximum atomic E-state index is 12.0. The third-order valence-electron chi connectivity index (χ3n) is 2.26. The molecular formula is C11H14F3NO. The van der Waals surface area contributed by atoms with E-state index in [2.05, 4.69) is 4.74 Å². The fraction of sp³-hybridized carbons (Fsp3) is 0.455. The summed E-state index contributed by atoms with van der Waals surface area (Å²) < 4.78 is 39.8. The highest BCUT2D eigenvalue weighted by atomic mass is 19.4. The van der Waals surface area contributed by atoms with E-state index in [4.69, 9.17) is 5.73 Å². The van der Waals surface area contributed by atoms with Gasteiger partial charge in [-0.2, -0.15) is 0 Å². The third-order valence-corrected chi connectivity index (χ3v) is 2.26. The van der Waals surface area contributed by atoms with E-state index in [9.17, 15) is 13.2 Å². The van der Waals surface area contributed by atoms with Gasteiger partial charge in [0.2, 0.25) is 0 Å². The van der Waals surface area contributed by atoms with Crippen molar-refractivity contribution >= 4 is 0 Å². The molecule has 0 amide bonds. The molecule has 1 unspecified atom stereocenters. The standard InChI is InChI=1S/C11H14F3NO/c1-8(5-6-15)9-3-2-4-10(7-9)16-11(12,13)14/h2-4,7-8H,5-6,15H2,1H3. The molecule has 1 rings (SSSR count). The Bertz CT molecular complexity index is 338. The van der Waals surface area contributed by atoms with Gasteiger partial charge in [-0.05, 0) is 36.6 Å². The van der Waals surface area contributed by atoms with Crippen LogP contribution >= 0.6 is 0 Å². The van der Waals surface area contributed by atoms with Crippen LogP contribution in [0.2, 0.25) is 0 Å². The van der Waals surface area contributed by atoms with Gasteiger partial charge >= 0.3 is 6.36 Å². The lowest BCUT2D eigenvalue weighted by Crippen LogP contribution is -2.17. The highest BCUT2D eigenvalue weighted by Crippen LogP contribution is 2.27. The first-order chi connectivity index (χ1) is 7.42. The second kappa shape index (κ2) is 5.21. The van der Waals surface area contributed by atoms with Gasteiger partial charge in [0.15, 0.2) is 0 Å². The summed E-state index contributed by atoms with van der Waals surface area (Å²) in [6.07, 6.45) is -3.91. The number of ether oxygens (including phenoxy) is 1. The van der Waals surface area contributed by atoms with E-state index in [1.165, 1.54) is 12.1 Å². The second-order valence-corrected chi connectivity index (χ2v) is 3.60. The van der Waals surface area contributed by atoms with Crippen LogP contribution in [-0.2, 0) is 0 Å². The molecule has 0 aliphatic rings. The summed E-state index contributed by atoms with van der Waals surface area (Å²) in [4.78, 5) is 0. The number of halogens is 3. The van der Waals surface area contributed by atoms with E-state index >= 15 is 0 Å². The maximum Gasteiger partial charge on any atom is 0.573 e. The van der Waals surface area contributed by atoms with Crippen LogP contribution in [0.4, 0.5) is 13.2 Å². The van der Waals surface area contributed by atoms with Crippen molar-refractivity contribution in [1.82, 2.24) is 0 Å². The molecule has 2 nitrogen and oxygen atoms in total. The zero-order chi connectivity index (χ0) is 12.2. The Morgan fingerprint density at radius 1 is 1.38 bits per heavy atom. The van der Waals surface area contributed by atoms with E-state index in [-0.39, 0.29) is 11.7 Å². The molecular weight excluding hydrogens is 219 g/mol. The van der Waals surface area contributed by atoms with Gasteiger partial charge in [-0.25, -0.2) is 0 Å². The SMILES string of the molecule is CC(CCN)c1cccc(OC(F)(F)F)c1. The van der Waals surface area contributed by atoms with Crippen molar-refractivity contribution in [3.8, 4) is 5.75 Å². The van der Waals surface area contributed by atoms with Crippen LogP contribution in [0, 0.1) is 0 Å². The summed E-state index contributed by atoms with van der Waals surface area (Å²) in [6.45, 7) is 2.42. The fourth-order valence-electron chi connectivity index (χ4n) is 1.43. The van der Waals surface area contributed by atoms with Gasteiger partial charge in [0.25, 0.3) is 0 Å². The molecule has 0 bridgehead atoms. The van der Waals surface area contributed by atoms with Gasteiger partial charge in [0.05, 0.1) is 0 Å². The molecule has 5 heteroatoms. The Morgan fingerprint density at radius 3 is 2.62 bits per heavy atom. The topological polar surface area (TPSA) is 35.2 Å². The van der Waals surface area contributed by atoms with Crippen molar-refractivity contribution in [3.05, 3.63) is 29.8 Å². The average Bonchev–Trinajstić information content (AvgIpc) is 2.16. The predicted molar refractivity (Wildman–Crippen MR) is 55.2 cm³/mol. The monoisotopic (exact) mass is 233 g/mol. The summed E-state index contributed by atoms with van der Waals surface area (Å²) in [5.74, 6) is -0.0596. The van der Waals surface area contributed by atoms with Crippen molar-refractivity contribution in [2.75, 3.05) is 6.54 Å². The average molecular weight is 233 g/mol. The first-order valence-electron chi connectivity index (χ1n) is 4.98. The molecule has 2 N–H and O–H groups in total. The van der Waals surface area contributed by atoms with Crippen molar-refractivity contribution in [3.63, 3.8) is 0 Å². The number of hydrogen-bond donors (Lipinski definition) is 1. The molecule has 0 aliphatic heterocycles. The van der Waals surface area contributed by atoms with Crippen LogP contribution in [0.15, 0.2) is 24.3 Å². The van der Waals surface area contributed by atoms with Crippen LogP contribution in [0.25, 0.3) is 0 Å². The molecule has 0 saturated heterocycles. The van der Waals surface area contributed by atoms with Crippen LogP contribution in [0.3, 0.4) is 0 Å². The van der Waals surface area contributed by atoms with Crippen molar-refractivity contribution in [2.45, 2.75) is 25.6 Å². The summed E-state index contributed by atoms with van der Waals surface area (Å²) >= 11 is 0. The third kappa shape index (κ3) is 4.10. The summed E-state index contributed by atoms with van der Waals surface area (Å²) in [5, 5.41) is 0. The number of benzene rings is 1. The normalized spacial score (nSPS) is 13.6. The minimum Gasteiger partial charge on any atom is -0.406 e. The number of rotatable bonds is 4. The van der Waals surface area contributed by atoms with Crippen molar-refractivity contribution in [1.29, 1.82) is 0 Å². The van der Waals surface area contributed by atoms with E-state index in [0.717, 1.165) is 12.0 Å². The van der Waals surface area contributed by atoms with Gasteiger partial charge < -0.3 is 10.5 Å². The quantitative estimate of drug-likeness (QED) is 0.867. The van der Waals surface area contributed by atoms with E-state index in [1.807, 2.05) is 6.92 Å². The maximum absolute atomic E-state index is 12.0. The lowest BCUT2D eigenvalue weighted by atomic mass is 9.98. The Kier molecular flexibility index (Phi) is 4.18. The number of nitrogens with two attached hydrogens (primary N) is 1. The highest BCUT2D eigenvalue weighted by molar-refractivity contribution is 5.30. The van der Waals surface area contributed by atoms with Crippen LogP contribution in [-0.4, -0.2) is 12.9 Å². The molecule has 1 atom stereocenters. The Hall–Kier alpha value is -1.23. The summed E-state index contributed by atoms with van der Waals surface area (Å²) in [6, 6.07) is 5.99. The van der Waals surface area contributed by atoms with Crippen LogP contribution in [0.5, 0.6) is 5.75 Å². The zero-order valence-electron chi connectivity index (χ0n) is 8.92. The smallest absolute Gasteiger partial charge is 0.406 e. The Labute approximate surface area is 92.2 Å². The van der Waals surface area contributed by atoms with Gasteiger partial charge in [-0.1, -0.05) is 19.1 Å². The molecule has 1 aromatic carbocycles. The minimum absolute atomic E-state index is 0.127. The van der Waals surface area contributed by atoms with E-state index < -0.39 is 6.36 Å². The molecule has 90 valence electrons. The van der Waals surface area contributed by atoms with E-state index in [1.54, 1.807) is 12.1 Å². The van der Waals surface area contributed by atoms with Gasteiger partial charge in [0.1, 0.15) is 5.75 Å². The van der Waals surface area contributed by atoms with Crippen LogP contribution < -0.4 is 10.5 Å². The molecule has 0 radical (unpaired) electrons. The minimum atomic E-state index is -4.64. The van der Waals surface area contributed by atoms with E-state index in [0.29, 0.717) is 6.54 Å². The van der Waals surface area contributed by atoms with Crippen molar-refractivity contribution < 1.29 is 17.9 Å². The molecule has 0 aromatic heterocycles. The van der Waals surface area contributed by atoms with Crippen LogP contribution in [0.1, 0.15) is 24.8 Å².